The van der Waals surface area contributed by atoms with E-state index in [4.69, 9.17) is 0 Å². The fourth-order valence-electron chi connectivity index (χ4n) is 4.45. The Kier molecular flexibility index (Phi) is 5.26. The summed E-state index contributed by atoms with van der Waals surface area (Å²) in [6, 6.07) is 14.8. The highest BCUT2D eigenvalue weighted by atomic mass is 32.1. The van der Waals surface area contributed by atoms with Crippen LogP contribution in [0.15, 0.2) is 54.0 Å². The van der Waals surface area contributed by atoms with Crippen molar-refractivity contribution >= 4 is 45.1 Å². The zero-order chi connectivity index (χ0) is 22.1. The third-order valence-corrected chi connectivity index (χ3v) is 7.04. The van der Waals surface area contributed by atoms with Gasteiger partial charge in [0.1, 0.15) is 5.54 Å². The molecule has 9 heteroatoms. The average Bonchev–Trinajstić information content (AvgIpc) is 3.41. The van der Waals surface area contributed by atoms with Gasteiger partial charge in [0.25, 0.3) is 5.91 Å². The molecule has 2 fully saturated rings. The summed E-state index contributed by atoms with van der Waals surface area (Å²) in [4.78, 5) is 46.0. The lowest BCUT2D eigenvalue weighted by atomic mass is 9.85. The van der Waals surface area contributed by atoms with E-state index < -0.39 is 17.5 Å². The summed E-state index contributed by atoms with van der Waals surface area (Å²) in [6.45, 7) is 2.71. The van der Waals surface area contributed by atoms with Gasteiger partial charge in [-0.05, 0) is 30.2 Å². The lowest BCUT2D eigenvalue weighted by Gasteiger charge is -2.36. The van der Waals surface area contributed by atoms with E-state index in [2.05, 4.69) is 38.7 Å². The second-order valence-electron chi connectivity index (χ2n) is 8.05. The first-order valence-electron chi connectivity index (χ1n) is 10.6. The Hall–Kier alpha value is -3.46. The lowest BCUT2D eigenvalue weighted by molar-refractivity contribution is -0.132. The molecule has 32 heavy (non-hydrogen) atoms. The average molecular weight is 450 g/mol. The number of thiazole rings is 1. The Morgan fingerprint density at radius 1 is 1.06 bits per heavy atom. The van der Waals surface area contributed by atoms with Crippen LogP contribution in [0, 0.1) is 0 Å². The molecule has 2 aliphatic rings. The number of aromatic nitrogens is 1. The summed E-state index contributed by atoms with van der Waals surface area (Å²) in [5.74, 6) is -0.424. The van der Waals surface area contributed by atoms with Gasteiger partial charge in [0, 0.05) is 38.3 Å². The molecule has 4 amide bonds. The summed E-state index contributed by atoms with van der Waals surface area (Å²) >= 11 is 1.62. The number of hydrogen-bond donors (Lipinski definition) is 2. The Balaban J connectivity index is 1.22. The van der Waals surface area contributed by atoms with Crippen molar-refractivity contribution in [3.05, 3.63) is 59.6 Å². The van der Waals surface area contributed by atoms with Crippen molar-refractivity contribution < 1.29 is 14.4 Å². The van der Waals surface area contributed by atoms with E-state index in [1.165, 1.54) is 0 Å². The molecule has 1 atom stereocenters. The number of nitrogens with one attached hydrogen (secondary N) is 2. The van der Waals surface area contributed by atoms with Gasteiger partial charge in [-0.15, -0.1) is 11.3 Å². The highest BCUT2D eigenvalue weighted by Gasteiger charge is 2.47. The third-order valence-electron chi connectivity index (χ3n) is 6.23. The van der Waals surface area contributed by atoms with E-state index in [-0.39, 0.29) is 18.7 Å². The molecular formula is C23H23N5O3S. The molecule has 2 aromatic carbocycles. The number of nitrogens with zero attached hydrogens (tertiary/aromatic N) is 3. The molecule has 0 bridgehead atoms. The van der Waals surface area contributed by atoms with E-state index >= 15 is 0 Å². The van der Waals surface area contributed by atoms with Crippen LogP contribution in [0.2, 0.25) is 0 Å². The molecule has 3 aromatic rings. The number of urea groups is 1. The molecule has 164 valence electrons. The summed E-state index contributed by atoms with van der Waals surface area (Å²) in [6.07, 6.45) is 0.390. The first-order chi connectivity index (χ1) is 15.5. The highest BCUT2D eigenvalue weighted by molar-refractivity contribution is 7.16. The maximum atomic E-state index is 13.0. The molecule has 1 unspecified atom stereocenters. The number of benzene rings is 2. The predicted molar refractivity (Wildman–Crippen MR) is 122 cm³/mol. The highest BCUT2D eigenvalue weighted by Crippen LogP contribution is 2.30. The Morgan fingerprint density at radius 3 is 2.56 bits per heavy atom. The summed E-state index contributed by atoms with van der Waals surface area (Å²) in [5.41, 5.74) is 3.43. The monoisotopic (exact) mass is 449 g/mol. The molecule has 2 saturated heterocycles. The van der Waals surface area contributed by atoms with Crippen LogP contribution in [0.25, 0.3) is 10.2 Å². The molecular weight excluding hydrogens is 426 g/mol. The lowest BCUT2D eigenvalue weighted by Crippen LogP contribution is -2.50. The van der Waals surface area contributed by atoms with Crippen molar-refractivity contribution in [1.29, 1.82) is 0 Å². The fourth-order valence-corrected chi connectivity index (χ4v) is 5.11. The second-order valence-corrected chi connectivity index (χ2v) is 8.94. The fraction of sp³-hybridized carbons (Fsp3) is 0.304. The van der Waals surface area contributed by atoms with Crippen LogP contribution in [0.4, 0.5) is 10.5 Å². The van der Waals surface area contributed by atoms with Gasteiger partial charge in [-0.25, -0.2) is 9.78 Å². The van der Waals surface area contributed by atoms with E-state index in [0.29, 0.717) is 18.7 Å². The minimum Gasteiger partial charge on any atom is -0.368 e. The van der Waals surface area contributed by atoms with Crippen molar-refractivity contribution in [3.8, 4) is 0 Å². The largest absolute Gasteiger partial charge is 0.368 e. The number of rotatable bonds is 5. The van der Waals surface area contributed by atoms with Gasteiger partial charge in [-0.3, -0.25) is 14.9 Å². The molecule has 2 aliphatic heterocycles. The van der Waals surface area contributed by atoms with Crippen LogP contribution in [0.1, 0.15) is 18.4 Å². The van der Waals surface area contributed by atoms with Crippen LogP contribution in [-0.4, -0.2) is 53.9 Å². The smallest absolute Gasteiger partial charge is 0.322 e. The molecule has 8 nitrogen and oxygen atoms in total. The number of carbonyl (C=O) groups is 3. The van der Waals surface area contributed by atoms with Crippen molar-refractivity contribution in [3.63, 3.8) is 0 Å². The van der Waals surface area contributed by atoms with Crippen molar-refractivity contribution in [2.45, 2.75) is 18.4 Å². The van der Waals surface area contributed by atoms with Crippen molar-refractivity contribution in [1.82, 2.24) is 20.5 Å². The predicted octanol–water partition coefficient (Wildman–Crippen LogP) is 2.46. The minimum atomic E-state index is -1.21. The third kappa shape index (κ3) is 3.69. The molecule has 0 radical (unpaired) electrons. The number of carbonyl (C=O) groups excluding carboxylic acids is 3. The minimum absolute atomic E-state index is 0.0103. The molecule has 3 heterocycles. The number of fused-ring (bicyclic) bond motifs is 1. The number of hydrogen-bond acceptors (Lipinski definition) is 6. The first kappa shape index (κ1) is 20.4. The Morgan fingerprint density at radius 2 is 1.84 bits per heavy atom. The van der Waals surface area contributed by atoms with Crippen LogP contribution in [-0.2, 0) is 15.1 Å². The first-order valence-corrected chi connectivity index (χ1v) is 11.5. The Bertz CT molecular complexity index is 1170. The van der Waals surface area contributed by atoms with Crippen LogP contribution in [0.3, 0.4) is 0 Å². The van der Waals surface area contributed by atoms with Gasteiger partial charge in [0.15, 0.2) is 0 Å². The number of piperazine rings is 1. The van der Waals surface area contributed by atoms with E-state index in [1.807, 2.05) is 28.6 Å². The normalized spacial score (nSPS) is 21.0. The quantitative estimate of drug-likeness (QED) is 0.584. The van der Waals surface area contributed by atoms with Gasteiger partial charge in [-0.2, -0.15) is 0 Å². The number of amides is 4. The topological polar surface area (TPSA) is 94.6 Å². The molecule has 1 aromatic heterocycles. The van der Waals surface area contributed by atoms with Crippen molar-refractivity contribution in [2.75, 3.05) is 31.1 Å². The molecule has 0 saturated carbocycles. The Labute approximate surface area is 189 Å². The van der Waals surface area contributed by atoms with E-state index in [9.17, 15) is 14.4 Å². The van der Waals surface area contributed by atoms with Gasteiger partial charge in [-0.1, -0.05) is 30.3 Å². The molecule has 2 N–H and O–H groups in total. The van der Waals surface area contributed by atoms with Crippen LogP contribution in [0.5, 0.6) is 0 Å². The number of anilines is 1. The van der Waals surface area contributed by atoms with Crippen LogP contribution < -0.4 is 15.5 Å². The SMILES string of the molecule is O=C1NC(=O)C(CCC(=O)N2CCN(c3ccc4scnc4c3)CC2)(c2ccccc2)N1. The molecule has 5 rings (SSSR count). The van der Waals surface area contributed by atoms with Gasteiger partial charge >= 0.3 is 6.03 Å². The van der Waals surface area contributed by atoms with E-state index in [0.717, 1.165) is 29.0 Å². The zero-order valence-electron chi connectivity index (χ0n) is 17.4. The van der Waals surface area contributed by atoms with Crippen molar-refractivity contribution in [2.24, 2.45) is 0 Å². The second kappa shape index (κ2) is 8.23. The van der Waals surface area contributed by atoms with Gasteiger partial charge in [0.05, 0.1) is 15.7 Å². The standard InChI is InChI=1S/C23H23N5O3S/c29-20(8-9-23(16-4-2-1-3-5-16)21(30)25-22(31)26-23)28-12-10-27(11-13-28)17-6-7-19-18(14-17)24-15-32-19/h1-7,14-15H,8-13H2,(H2,25,26,30,31). The van der Waals surface area contributed by atoms with Gasteiger partial charge < -0.3 is 15.1 Å². The maximum absolute atomic E-state index is 13.0. The van der Waals surface area contributed by atoms with E-state index in [1.54, 1.807) is 23.5 Å². The maximum Gasteiger partial charge on any atom is 0.322 e. The summed E-state index contributed by atoms with van der Waals surface area (Å²) in [5, 5.41) is 5.07. The molecule has 0 aliphatic carbocycles. The number of imide groups is 1. The van der Waals surface area contributed by atoms with Crippen LogP contribution >= 0.6 is 11.3 Å². The molecule has 0 spiro atoms. The van der Waals surface area contributed by atoms with Gasteiger partial charge in [0.2, 0.25) is 5.91 Å². The summed E-state index contributed by atoms with van der Waals surface area (Å²) in [7, 11) is 0. The summed E-state index contributed by atoms with van der Waals surface area (Å²) < 4.78 is 1.16. The zero-order valence-corrected chi connectivity index (χ0v) is 18.2.